The fraction of sp³-hybridized carbons (Fsp3) is 0.364. The van der Waals surface area contributed by atoms with Crippen molar-refractivity contribution in [3.63, 3.8) is 0 Å². The van der Waals surface area contributed by atoms with E-state index < -0.39 is 21.9 Å². The molecule has 0 radical (unpaired) electrons. The van der Waals surface area contributed by atoms with Gasteiger partial charge in [0.15, 0.2) is 0 Å². The Morgan fingerprint density at radius 1 is 1.53 bits per heavy atom. The highest BCUT2D eigenvalue weighted by molar-refractivity contribution is 7.86. The van der Waals surface area contributed by atoms with E-state index in [1.807, 2.05) is 0 Å². The number of ketones is 1. The number of hydrogen-bond acceptors (Lipinski definition) is 2. The molecule has 0 saturated heterocycles. The van der Waals surface area contributed by atoms with Crippen LogP contribution >= 0.6 is 0 Å². The maximum Gasteiger partial charge on any atom is 0.148 e. The first-order valence-electron chi connectivity index (χ1n) is 4.75. The van der Waals surface area contributed by atoms with Gasteiger partial charge in [0, 0.05) is 11.3 Å². The molecular formula is C11H13FO2S. The van der Waals surface area contributed by atoms with Crippen LogP contribution in [0.4, 0.5) is 4.39 Å². The van der Waals surface area contributed by atoms with Gasteiger partial charge in [0.25, 0.3) is 0 Å². The monoisotopic (exact) mass is 228 g/mol. The summed E-state index contributed by atoms with van der Waals surface area (Å²) in [7, 11) is -1.46. The molecule has 0 bridgehead atoms. The van der Waals surface area contributed by atoms with Crippen LogP contribution in [-0.4, -0.2) is 15.2 Å². The lowest BCUT2D eigenvalue weighted by Crippen LogP contribution is -2.21. The second-order valence-corrected chi connectivity index (χ2v) is 4.99. The molecule has 0 amide bonds. The predicted octanol–water partition coefficient (Wildman–Crippen LogP) is 2.30. The summed E-state index contributed by atoms with van der Waals surface area (Å²) >= 11 is 0. The molecule has 0 N–H and O–H groups in total. The number of carbonyl (C=O) groups is 1. The van der Waals surface area contributed by atoms with E-state index in [0.717, 1.165) is 0 Å². The lowest BCUT2D eigenvalue weighted by atomic mass is 10.2. The summed E-state index contributed by atoms with van der Waals surface area (Å²) in [5.41, 5.74) is 0. The van der Waals surface area contributed by atoms with Gasteiger partial charge in [-0.2, -0.15) is 0 Å². The molecule has 1 aromatic carbocycles. The minimum atomic E-state index is -1.46. The van der Waals surface area contributed by atoms with Crippen LogP contribution in [0.15, 0.2) is 29.2 Å². The number of carbonyl (C=O) groups excluding carboxylic acids is 1. The van der Waals surface area contributed by atoms with Crippen molar-refractivity contribution < 1.29 is 13.4 Å². The van der Waals surface area contributed by atoms with Gasteiger partial charge in [-0.3, -0.25) is 9.00 Å². The van der Waals surface area contributed by atoms with Gasteiger partial charge in [0.05, 0.1) is 16.0 Å². The molecule has 2 unspecified atom stereocenters. The number of Topliss-reactive ketones (excluding diaryl/α,β-unsaturated/α-hetero) is 1. The molecule has 0 aliphatic heterocycles. The van der Waals surface area contributed by atoms with E-state index in [1.54, 1.807) is 19.9 Å². The Hall–Kier alpha value is -1.03. The third kappa shape index (κ3) is 2.96. The lowest BCUT2D eigenvalue weighted by molar-refractivity contribution is -0.118. The van der Waals surface area contributed by atoms with Gasteiger partial charge in [-0.25, -0.2) is 4.39 Å². The average Bonchev–Trinajstić information content (AvgIpc) is 2.26. The number of halogens is 1. The Balaban J connectivity index is 2.90. The number of benzene rings is 1. The second kappa shape index (κ2) is 5.16. The van der Waals surface area contributed by atoms with Crippen molar-refractivity contribution in [3.8, 4) is 0 Å². The van der Waals surface area contributed by atoms with Crippen molar-refractivity contribution in [2.45, 2.75) is 30.4 Å². The van der Waals surface area contributed by atoms with Gasteiger partial charge in [0.2, 0.25) is 0 Å². The van der Waals surface area contributed by atoms with Crippen molar-refractivity contribution in [2.75, 3.05) is 0 Å². The van der Waals surface area contributed by atoms with Gasteiger partial charge in [-0.05, 0) is 25.1 Å². The Kier molecular flexibility index (Phi) is 4.15. The smallest absolute Gasteiger partial charge is 0.148 e. The summed E-state index contributed by atoms with van der Waals surface area (Å²) in [5, 5.41) is -0.572. The Morgan fingerprint density at radius 2 is 2.20 bits per heavy atom. The molecule has 0 aliphatic rings. The number of rotatable bonds is 4. The van der Waals surface area contributed by atoms with E-state index in [0.29, 0.717) is 11.3 Å². The van der Waals surface area contributed by atoms with Crippen LogP contribution in [0.25, 0.3) is 0 Å². The minimum absolute atomic E-state index is 0.0717. The molecule has 2 atom stereocenters. The van der Waals surface area contributed by atoms with Crippen molar-refractivity contribution in [1.29, 1.82) is 0 Å². The standard InChI is InChI=1S/C11H13FO2S/c1-3-11(13)8(2)15(14)10-6-4-5-9(12)7-10/h4-8H,3H2,1-2H3. The summed E-state index contributed by atoms with van der Waals surface area (Å²) in [4.78, 5) is 11.7. The third-order valence-corrected chi connectivity index (χ3v) is 3.78. The number of hydrogen-bond donors (Lipinski definition) is 0. The van der Waals surface area contributed by atoms with Crippen molar-refractivity contribution in [2.24, 2.45) is 0 Å². The zero-order valence-electron chi connectivity index (χ0n) is 8.70. The Labute approximate surface area is 91.0 Å². The van der Waals surface area contributed by atoms with Crippen molar-refractivity contribution in [1.82, 2.24) is 0 Å². The van der Waals surface area contributed by atoms with Gasteiger partial charge < -0.3 is 0 Å². The Morgan fingerprint density at radius 3 is 2.73 bits per heavy atom. The normalized spacial score (nSPS) is 14.6. The van der Waals surface area contributed by atoms with Crippen molar-refractivity contribution >= 4 is 16.6 Å². The van der Waals surface area contributed by atoms with Crippen molar-refractivity contribution in [3.05, 3.63) is 30.1 Å². The first-order valence-corrected chi connectivity index (χ1v) is 5.96. The van der Waals surface area contributed by atoms with Crippen LogP contribution in [-0.2, 0) is 15.6 Å². The minimum Gasteiger partial charge on any atom is -0.298 e. The molecule has 0 aliphatic carbocycles. The first kappa shape index (κ1) is 12.0. The molecular weight excluding hydrogens is 215 g/mol. The van der Waals surface area contributed by atoms with Crippen LogP contribution in [0.1, 0.15) is 20.3 Å². The van der Waals surface area contributed by atoms with E-state index in [-0.39, 0.29) is 5.78 Å². The van der Waals surface area contributed by atoms with E-state index in [2.05, 4.69) is 0 Å². The van der Waals surface area contributed by atoms with Gasteiger partial charge in [-0.15, -0.1) is 0 Å². The van der Waals surface area contributed by atoms with Crippen LogP contribution in [0.2, 0.25) is 0 Å². The third-order valence-electron chi connectivity index (χ3n) is 2.15. The van der Waals surface area contributed by atoms with Crippen LogP contribution in [0, 0.1) is 5.82 Å². The first-order chi connectivity index (χ1) is 7.06. The summed E-state index contributed by atoms with van der Waals surface area (Å²) in [6.45, 7) is 3.33. The van der Waals surface area contributed by atoms with Crippen LogP contribution < -0.4 is 0 Å². The molecule has 82 valence electrons. The zero-order chi connectivity index (χ0) is 11.4. The molecule has 4 heteroatoms. The van der Waals surface area contributed by atoms with Crippen LogP contribution in [0.3, 0.4) is 0 Å². The molecule has 2 nitrogen and oxygen atoms in total. The Bertz CT molecular complexity index is 390. The highest BCUT2D eigenvalue weighted by atomic mass is 32.2. The highest BCUT2D eigenvalue weighted by Gasteiger charge is 2.19. The molecule has 1 rings (SSSR count). The molecule has 0 aromatic heterocycles. The fourth-order valence-electron chi connectivity index (χ4n) is 1.20. The van der Waals surface area contributed by atoms with E-state index in [4.69, 9.17) is 0 Å². The molecule has 0 spiro atoms. The second-order valence-electron chi connectivity index (χ2n) is 3.22. The maximum absolute atomic E-state index is 12.9. The van der Waals surface area contributed by atoms with E-state index >= 15 is 0 Å². The van der Waals surface area contributed by atoms with Crippen LogP contribution in [0.5, 0.6) is 0 Å². The zero-order valence-corrected chi connectivity index (χ0v) is 9.51. The molecule has 0 saturated carbocycles. The summed E-state index contributed by atoms with van der Waals surface area (Å²) < 4.78 is 24.7. The molecule has 0 heterocycles. The predicted molar refractivity (Wildman–Crippen MR) is 57.6 cm³/mol. The molecule has 0 fully saturated rings. The molecule has 15 heavy (non-hydrogen) atoms. The highest BCUT2D eigenvalue weighted by Crippen LogP contribution is 2.14. The van der Waals surface area contributed by atoms with Gasteiger partial charge in [-0.1, -0.05) is 13.0 Å². The van der Waals surface area contributed by atoms with E-state index in [9.17, 15) is 13.4 Å². The maximum atomic E-state index is 12.9. The quantitative estimate of drug-likeness (QED) is 0.792. The summed E-state index contributed by atoms with van der Waals surface area (Å²) in [5.74, 6) is -0.505. The largest absolute Gasteiger partial charge is 0.298 e. The topological polar surface area (TPSA) is 34.1 Å². The SMILES string of the molecule is CCC(=O)C(C)S(=O)c1cccc(F)c1. The average molecular weight is 228 g/mol. The fourth-order valence-corrected chi connectivity index (χ4v) is 2.46. The van der Waals surface area contributed by atoms with E-state index in [1.165, 1.54) is 18.2 Å². The van der Waals surface area contributed by atoms with Gasteiger partial charge >= 0.3 is 0 Å². The van der Waals surface area contributed by atoms with Gasteiger partial charge in [0.1, 0.15) is 11.6 Å². The molecule has 1 aromatic rings. The summed E-state index contributed by atoms with van der Waals surface area (Å²) in [6, 6.07) is 5.55. The summed E-state index contributed by atoms with van der Waals surface area (Å²) in [6.07, 6.45) is 0.349. The lowest BCUT2D eigenvalue weighted by Gasteiger charge is -2.08.